The van der Waals surface area contributed by atoms with Gasteiger partial charge in [-0.05, 0) is 19.3 Å². The van der Waals surface area contributed by atoms with E-state index in [0.29, 0.717) is 19.1 Å². The molecule has 0 amide bonds. The summed E-state index contributed by atoms with van der Waals surface area (Å²) in [5, 5.41) is 14.5. The molecule has 8 heteroatoms. The minimum Gasteiger partial charge on any atom is -0.381 e. The highest BCUT2D eigenvalue weighted by Crippen LogP contribution is 2.37. The van der Waals surface area contributed by atoms with Gasteiger partial charge in [-0.25, -0.2) is 0 Å². The second-order valence-electron chi connectivity index (χ2n) is 5.82. The average Bonchev–Trinajstić information content (AvgIpc) is 3.23. The lowest BCUT2D eigenvalue weighted by molar-refractivity contribution is 0.0525. The van der Waals surface area contributed by atoms with Crippen LogP contribution in [0.5, 0.6) is 0 Å². The molecule has 4 rings (SSSR count). The number of hydrogen-bond acceptors (Lipinski definition) is 7. The Morgan fingerprint density at radius 3 is 2.81 bits per heavy atom. The molecule has 2 fully saturated rings. The summed E-state index contributed by atoms with van der Waals surface area (Å²) in [6.45, 7) is 3.61. The molecule has 2 saturated heterocycles. The van der Waals surface area contributed by atoms with Gasteiger partial charge in [-0.3, -0.25) is 0 Å². The molecule has 114 valence electrons. The molecule has 0 radical (unpaired) electrons. The molecule has 0 bridgehead atoms. The van der Waals surface area contributed by atoms with Crippen molar-refractivity contribution in [2.45, 2.75) is 30.6 Å². The van der Waals surface area contributed by atoms with Crippen molar-refractivity contribution in [1.29, 1.82) is 0 Å². The SMILES string of the molecule is NCC1(c2nn3c(C4CCOC4)nnc3s2)CCOCC1. The van der Waals surface area contributed by atoms with Crippen LogP contribution in [0.1, 0.15) is 36.0 Å². The molecule has 1 atom stereocenters. The number of aromatic nitrogens is 4. The molecule has 0 spiro atoms. The van der Waals surface area contributed by atoms with Gasteiger partial charge in [0.05, 0.1) is 6.61 Å². The van der Waals surface area contributed by atoms with Crippen molar-refractivity contribution in [2.75, 3.05) is 33.0 Å². The fourth-order valence-corrected chi connectivity index (χ4v) is 4.21. The highest BCUT2D eigenvalue weighted by Gasteiger charge is 2.37. The largest absolute Gasteiger partial charge is 0.381 e. The monoisotopic (exact) mass is 309 g/mol. The molecule has 21 heavy (non-hydrogen) atoms. The van der Waals surface area contributed by atoms with Crippen LogP contribution in [0, 0.1) is 0 Å². The maximum atomic E-state index is 6.07. The van der Waals surface area contributed by atoms with Crippen LogP contribution < -0.4 is 5.73 Å². The predicted molar refractivity (Wildman–Crippen MR) is 77.6 cm³/mol. The highest BCUT2D eigenvalue weighted by molar-refractivity contribution is 7.16. The summed E-state index contributed by atoms with van der Waals surface area (Å²) in [5.74, 6) is 1.22. The molecule has 0 saturated carbocycles. The van der Waals surface area contributed by atoms with Crippen LogP contribution in [0.2, 0.25) is 0 Å². The summed E-state index contributed by atoms with van der Waals surface area (Å²) < 4.78 is 12.8. The number of fused-ring (bicyclic) bond motifs is 1. The van der Waals surface area contributed by atoms with Gasteiger partial charge >= 0.3 is 0 Å². The van der Waals surface area contributed by atoms with E-state index in [1.165, 1.54) is 0 Å². The summed E-state index contributed by atoms with van der Waals surface area (Å²) in [6, 6.07) is 0. The number of rotatable bonds is 3. The molecule has 0 aromatic carbocycles. The van der Waals surface area contributed by atoms with Gasteiger partial charge in [0.15, 0.2) is 5.82 Å². The zero-order valence-corrected chi connectivity index (χ0v) is 12.6. The van der Waals surface area contributed by atoms with E-state index in [1.54, 1.807) is 11.3 Å². The zero-order valence-electron chi connectivity index (χ0n) is 11.8. The highest BCUT2D eigenvalue weighted by atomic mass is 32.1. The van der Waals surface area contributed by atoms with Gasteiger partial charge in [-0.2, -0.15) is 9.61 Å². The Labute approximate surface area is 126 Å². The van der Waals surface area contributed by atoms with E-state index in [-0.39, 0.29) is 5.41 Å². The van der Waals surface area contributed by atoms with Gasteiger partial charge < -0.3 is 15.2 Å². The van der Waals surface area contributed by atoms with E-state index in [0.717, 1.165) is 54.9 Å². The molecule has 2 aromatic rings. The Kier molecular flexibility index (Phi) is 3.41. The van der Waals surface area contributed by atoms with Crippen molar-refractivity contribution in [3.05, 3.63) is 10.8 Å². The summed E-state index contributed by atoms with van der Waals surface area (Å²) in [6.07, 6.45) is 2.84. The lowest BCUT2D eigenvalue weighted by Crippen LogP contribution is -2.40. The maximum absolute atomic E-state index is 6.07. The van der Waals surface area contributed by atoms with Gasteiger partial charge in [0.1, 0.15) is 5.01 Å². The van der Waals surface area contributed by atoms with Crippen LogP contribution in [0.15, 0.2) is 0 Å². The van der Waals surface area contributed by atoms with Gasteiger partial charge in [-0.15, -0.1) is 10.2 Å². The minimum atomic E-state index is -0.0624. The molecule has 0 aliphatic carbocycles. The summed E-state index contributed by atoms with van der Waals surface area (Å²) in [7, 11) is 0. The van der Waals surface area contributed by atoms with E-state index in [2.05, 4.69) is 10.2 Å². The fraction of sp³-hybridized carbons (Fsp3) is 0.769. The van der Waals surface area contributed by atoms with Crippen LogP contribution in [0.3, 0.4) is 0 Å². The Morgan fingerprint density at radius 2 is 2.10 bits per heavy atom. The first-order valence-corrected chi connectivity index (χ1v) is 8.22. The third-order valence-corrected chi connectivity index (χ3v) is 5.75. The first kappa shape index (κ1) is 13.6. The van der Waals surface area contributed by atoms with Gasteiger partial charge in [0.25, 0.3) is 0 Å². The molecule has 2 N–H and O–H groups in total. The first-order valence-electron chi connectivity index (χ1n) is 7.41. The van der Waals surface area contributed by atoms with E-state index >= 15 is 0 Å². The quantitative estimate of drug-likeness (QED) is 0.898. The van der Waals surface area contributed by atoms with Crippen molar-refractivity contribution >= 4 is 16.3 Å². The fourth-order valence-electron chi connectivity index (χ4n) is 3.11. The minimum absolute atomic E-state index is 0.0624. The Bertz CT molecular complexity index is 628. The van der Waals surface area contributed by atoms with Crippen molar-refractivity contribution in [2.24, 2.45) is 5.73 Å². The number of nitrogens with two attached hydrogens (primary N) is 1. The van der Waals surface area contributed by atoms with Crippen LogP contribution >= 0.6 is 11.3 Å². The number of hydrogen-bond donors (Lipinski definition) is 1. The molecule has 1 unspecified atom stereocenters. The average molecular weight is 309 g/mol. The normalized spacial score (nSPS) is 25.7. The van der Waals surface area contributed by atoms with Crippen LogP contribution in [-0.2, 0) is 14.9 Å². The Hall–Kier alpha value is -1.09. The van der Waals surface area contributed by atoms with E-state index in [9.17, 15) is 0 Å². The van der Waals surface area contributed by atoms with Crippen molar-refractivity contribution in [1.82, 2.24) is 19.8 Å². The maximum Gasteiger partial charge on any atom is 0.234 e. The Balaban J connectivity index is 1.73. The van der Waals surface area contributed by atoms with Gasteiger partial charge in [-0.1, -0.05) is 11.3 Å². The zero-order chi connectivity index (χ0) is 14.3. The van der Waals surface area contributed by atoms with E-state index in [4.69, 9.17) is 20.3 Å². The van der Waals surface area contributed by atoms with Crippen LogP contribution in [-0.4, -0.2) is 52.8 Å². The van der Waals surface area contributed by atoms with Crippen molar-refractivity contribution in [3.63, 3.8) is 0 Å². The van der Waals surface area contributed by atoms with Gasteiger partial charge in [0, 0.05) is 37.7 Å². The topological polar surface area (TPSA) is 87.6 Å². The summed E-state index contributed by atoms with van der Waals surface area (Å²) >= 11 is 1.61. The number of nitrogens with zero attached hydrogens (tertiary/aromatic N) is 4. The second-order valence-corrected chi connectivity index (χ2v) is 6.77. The summed E-state index contributed by atoms with van der Waals surface area (Å²) in [4.78, 5) is 0.853. The third kappa shape index (κ3) is 2.17. The number of ether oxygens (including phenoxy) is 2. The van der Waals surface area contributed by atoms with Crippen molar-refractivity contribution < 1.29 is 9.47 Å². The Morgan fingerprint density at radius 1 is 1.24 bits per heavy atom. The molecule has 2 aliphatic heterocycles. The molecule has 4 heterocycles. The standard InChI is InChI=1S/C13H19N5O2S/c14-8-13(2-5-19-6-3-13)11-17-18-10(9-1-4-20-7-9)15-16-12(18)21-11/h9H,1-8,14H2. The molecule has 2 aliphatic rings. The van der Waals surface area contributed by atoms with Gasteiger partial charge in [0.2, 0.25) is 4.96 Å². The van der Waals surface area contributed by atoms with E-state index in [1.807, 2.05) is 4.52 Å². The molecular weight excluding hydrogens is 290 g/mol. The third-order valence-electron chi connectivity index (χ3n) is 4.60. The second kappa shape index (κ2) is 5.28. The first-order chi connectivity index (χ1) is 10.3. The smallest absolute Gasteiger partial charge is 0.234 e. The van der Waals surface area contributed by atoms with E-state index < -0.39 is 0 Å². The molecular formula is C13H19N5O2S. The lowest BCUT2D eigenvalue weighted by atomic mass is 9.81. The predicted octanol–water partition coefficient (Wildman–Crippen LogP) is 0.697. The van der Waals surface area contributed by atoms with Crippen LogP contribution in [0.25, 0.3) is 4.96 Å². The molecule has 2 aromatic heterocycles. The van der Waals surface area contributed by atoms with Crippen LogP contribution in [0.4, 0.5) is 0 Å². The lowest BCUT2D eigenvalue weighted by Gasteiger charge is -2.33. The summed E-state index contributed by atoms with van der Waals surface area (Å²) in [5.41, 5.74) is 6.00. The van der Waals surface area contributed by atoms with Crippen molar-refractivity contribution in [3.8, 4) is 0 Å². The molecule has 7 nitrogen and oxygen atoms in total.